The molecule has 196 valence electrons. The van der Waals surface area contributed by atoms with E-state index in [4.69, 9.17) is 15.0 Å². The molecule has 2 aromatic heterocycles. The van der Waals surface area contributed by atoms with Gasteiger partial charge in [-0.2, -0.15) is 0 Å². The fraction of sp³-hybridized carbons (Fsp3) is 0.0541. The highest BCUT2D eigenvalue weighted by Crippen LogP contribution is 2.32. The molecule has 7 rings (SSSR count). The minimum Gasteiger partial charge on any atom is -0.241 e. The molecule has 0 spiro atoms. The van der Waals surface area contributed by atoms with Crippen LogP contribution in [0.1, 0.15) is 11.9 Å². The van der Waals surface area contributed by atoms with Crippen LogP contribution in [0.3, 0.4) is 0 Å². The van der Waals surface area contributed by atoms with Crippen LogP contribution < -0.4 is 0 Å². The lowest BCUT2D eigenvalue weighted by molar-refractivity contribution is 1.11. The van der Waals surface area contributed by atoms with Crippen LogP contribution in [-0.4, -0.2) is 15.0 Å². The van der Waals surface area contributed by atoms with E-state index in [0.29, 0.717) is 5.82 Å². The van der Waals surface area contributed by atoms with Crippen molar-refractivity contribution in [3.63, 3.8) is 0 Å². The van der Waals surface area contributed by atoms with Gasteiger partial charge in [-0.3, -0.25) is 0 Å². The fourth-order valence-corrected chi connectivity index (χ4v) is 5.95. The van der Waals surface area contributed by atoms with Gasteiger partial charge in [0.25, 0.3) is 0 Å². The SMILES string of the molecule is CCc1nc2cc(-c3ccc(-c4nc(-c5ccccc5)cc(-c5ccc(-c6ccccc6)cc5)n4)cc3)ccc2s1. The zero-order valence-corrected chi connectivity index (χ0v) is 23.5. The number of rotatable bonds is 6. The van der Waals surface area contributed by atoms with Crippen molar-refractivity contribution in [2.75, 3.05) is 0 Å². The van der Waals surface area contributed by atoms with Crippen LogP contribution in [0.5, 0.6) is 0 Å². The smallest absolute Gasteiger partial charge is 0.160 e. The summed E-state index contributed by atoms with van der Waals surface area (Å²) in [5.41, 5.74) is 10.7. The zero-order chi connectivity index (χ0) is 27.6. The molecule has 0 aliphatic carbocycles. The monoisotopic (exact) mass is 545 g/mol. The average Bonchev–Trinajstić information content (AvgIpc) is 3.48. The highest BCUT2D eigenvalue weighted by molar-refractivity contribution is 7.18. The molecule has 0 bridgehead atoms. The highest BCUT2D eigenvalue weighted by atomic mass is 32.1. The van der Waals surface area contributed by atoms with Crippen molar-refractivity contribution >= 4 is 21.6 Å². The van der Waals surface area contributed by atoms with E-state index in [1.54, 1.807) is 11.3 Å². The van der Waals surface area contributed by atoms with Crippen molar-refractivity contribution < 1.29 is 0 Å². The second kappa shape index (κ2) is 10.9. The van der Waals surface area contributed by atoms with Gasteiger partial charge in [-0.15, -0.1) is 11.3 Å². The number of aromatic nitrogens is 3. The quantitative estimate of drug-likeness (QED) is 0.209. The van der Waals surface area contributed by atoms with Crippen LogP contribution in [0.25, 0.3) is 66.4 Å². The Labute approximate surface area is 243 Å². The van der Waals surface area contributed by atoms with Crippen LogP contribution in [0.15, 0.2) is 133 Å². The number of nitrogens with zero attached hydrogens (tertiary/aromatic N) is 3. The number of aryl methyl sites for hydroxylation is 1. The van der Waals surface area contributed by atoms with E-state index in [1.165, 1.54) is 20.8 Å². The third-order valence-corrected chi connectivity index (χ3v) is 8.47. The molecule has 0 saturated heterocycles. The zero-order valence-electron chi connectivity index (χ0n) is 22.7. The van der Waals surface area contributed by atoms with Gasteiger partial charge in [-0.25, -0.2) is 15.0 Å². The Hall–Kier alpha value is -4.93. The Morgan fingerprint density at radius 3 is 1.59 bits per heavy atom. The summed E-state index contributed by atoms with van der Waals surface area (Å²) in [7, 11) is 0. The van der Waals surface area contributed by atoms with Crippen molar-refractivity contribution in [2.24, 2.45) is 0 Å². The van der Waals surface area contributed by atoms with Gasteiger partial charge in [-0.1, -0.05) is 122 Å². The predicted octanol–water partition coefficient (Wildman–Crippen LogP) is 9.98. The van der Waals surface area contributed by atoms with Crippen LogP contribution in [0.2, 0.25) is 0 Å². The van der Waals surface area contributed by atoms with Crippen molar-refractivity contribution in [3.05, 3.63) is 138 Å². The van der Waals surface area contributed by atoms with Crippen LogP contribution in [0, 0.1) is 0 Å². The molecule has 0 atom stereocenters. The maximum absolute atomic E-state index is 5.04. The van der Waals surface area contributed by atoms with Gasteiger partial charge in [0.2, 0.25) is 0 Å². The Bertz CT molecular complexity index is 1940. The molecule has 0 aliphatic heterocycles. The van der Waals surface area contributed by atoms with Gasteiger partial charge in [0.1, 0.15) is 0 Å². The summed E-state index contributed by atoms with van der Waals surface area (Å²) in [4.78, 5) is 14.8. The average molecular weight is 546 g/mol. The summed E-state index contributed by atoms with van der Waals surface area (Å²) in [6, 6.07) is 46.5. The second-order valence-electron chi connectivity index (χ2n) is 9.99. The van der Waals surface area contributed by atoms with E-state index < -0.39 is 0 Å². The predicted molar refractivity (Wildman–Crippen MR) is 172 cm³/mol. The van der Waals surface area contributed by atoms with Crippen LogP contribution in [0.4, 0.5) is 0 Å². The van der Waals surface area contributed by atoms with Crippen molar-refractivity contribution in [2.45, 2.75) is 13.3 Å². The minimum absolute atomic E-state index is 0.711. The number of thiazole rings is 1. The molecule has 2 heterocycles. The van der Waals surface area contributed by atoms with E-state index in [0.717, 1.165) is 51.1 Å². The molecule has 0 saturated carbocycles. The Kier molecular flexibility index (Phi) is 6.67. The lowest BCUT2D eigenvalue weighted by Crippen LogP contribution is -1.96. The first-order valence-corrected chi connectivity index (χ1v) is 14.7. The molecule has 5 aromatic carbocycles. The number of benzene rings is 5. The van der Waals surface area contributed by atoms with Gasteiger partial charge in [-0.05, 0) is 46.9 Å². The first kappa shape index (κ1) is 25.1. The number of hydrogen-bond acceptors (Lipinski definition) is 4. The molecular formula is C37H27N3S. The standard InChI is InChI=1S/C37H27N3S/c1-2-36-38-34-23-31(21-22-35(34)41-36)27-15-19-30(20-16-27)37-39-32(28-11-7-4-8-12-28)24-33(40-37)29-17-13-26(14-18-29)25-9-5-3-6-10-25/h3-24H,2H2,1H3. The number of hydrogen-bond donors (Lipinski definition) is 0. The number of fused-ring (bicyclic) bond motifs is 1. The maximum atomic E-state index is 5.04. The van der Waals surface area contributed by atoms with E-state index in [-0.39, 0.29) is 0 Å². The van der Waals surface area contributed by atoms with E-state index in [9.17, 15) is 0 Å². The van der Waals surface area contributed by atoms with Gasteiger partial charge >= 0.3 is 0 Å². The van der Waals surface area contributed by atoms with Gasteiger partial charge in [0, 0.05) is 16.7 Å². The van der Waals surface area contributed by atoms with Gasteiger partial charge < -0.3 is 0 Å². The third kappa shape index (κ3) is 5.18. The lowest BCUT2D eigenvalue weighted by atomic mass is 10.0. The summed E-state index contributed by atoms with van der Waals surface area (Å²) in [6.07, 6.45) is 0.963. The molecule has 0 unspecified atom stereocenters. The second-order valence-corrected chi connectivity index (χ2v) is 11.1. The normalized spacial score (nSPS) is 11.1. The molecule has 0 fully saturated rings. The molecule has 0 aliphatic rings. The van der Waals surface area contributed by atoms with E-state index in [1.807, 2.05) is 24.3 Å². The maximum Gasteiger partial charge on any atom is 0.160 e. The van der Waals surface area contributed by atoms with Crippen LogP contribution in [-0.2, 0) is 6.42 Å². The Morgan fingerprint density at radius 2 is 0.951 bits per heavy atom. The summed E-state index contributed by atoms with van der Waals surface area (Å²) in [5.74, 6) is 0.711. The van der Waals surface area contributed by atoms with E-state index >= 15 is 0 Å². The van der Waals surface area contributed by atoms with E-state index in [2.05, 4.69) is 116 Å². The summed E-state index contributed by atoms with van der Waals surface area (Å²) < 4.78 is 1.23. The van der Waals surface area contributed by atoms with Gasteiger partial charge in [0.05, 0.1) is 26.6 Å². The first-order chi connectivity index (χ1) is 20.2. The largest absolute Gasteiger partial charge is 0.241 e. The summed E-state index contributed by atoms with van der Waals surface area (Å²) in [6.45, 7) is 2.15. The molecule has 0 radical (unpaired) electrons. The first-order valence-electron chi connectivity index (χ1n) is 13.8. The van der Waals surface area contributed by atoms with Crippen molar-refractivity contribution in [1.82, 2.24) is 15.0 Å². The summed E-state index contributed by atoms with van der Waals surface area (Å²) >= 11 is 1.77. The lowest BCUT2D eigenvalue weighted by Gasteiger charge is -2.11. The molecule has 0 N–H and O–H groups in total. The topological polar surface area (TPSA) is 38.7 Å². The molecule has 7 aromatic rings. The molecule has 41 heavy (non-hydrogen) atoms. The Balaban J connectivity index is 1.26. The van der Waals surface area contributed by atoms with Crippen LogP contribution >= 0.6 is 11.3 Å². The minimum atomic E-state index is 0.711. The fourth-order valence-electron chi connectivity index (χ4n) is 5.06. The molecule has 4 heteroatoms. The highest BCUT2D eigenvalue weighted by Gasteiger charge is 2.12. The summed E-state index contributed by atoms with van der Waals surface area (Å²) in [5, 5.41) is 1.17. The van der Waals surface area contributed by atoms with Crippen molar-refractivity contribution in [3.8, 4) is 56.2 Å². The molecule has 0 amide bonds. The van der Waals surface area contributed by atoms with Gasteiger partial charge in [0.15, 0.2) is 5.82 Å². The van der Waals surface area contributed by atoms with Crippen molar-refractivity contribution in [1.29, 1.82) is 0 Å². The third-order valence-electron chi connectivity index (χ3n) is 7.29. The Morgan fingerprint density at radius 1 is 0.463 bits per heavy atom. The molecule has 3 nitrogen and oxygen atoms in total. The molecular weight excluding hydrogens is 518 g/mol.